The molecule has 0 radical (unpaired) electrons. The Balaban J connectivity index is 2.64. The van der Waals surface area contributed by atoms with Crippen molar-refractivity contribution >= 4 is 16.8 Å². The maximum absolute atomic E-state index is 12.1. The van der Waals surface area contributed by atoms with E-state index in [9.17, 15) is 9.00 Å². The first-order valence-corrected chi connectivity index (χ1v) is 7.00. The second-order valence-electron chi connectivity index (χ2n) is 3.79. The molecule has 2 atom stereocenters. The quantitative estimate of drug-likeness (QED) is 0.743. The molecule has 0 aliphatic heterocycles. The third-order valence-corrected chi connectivity index (χ3v) is 4.05. The maximum Gasteiger partial charge on any atom is 0.306 e. The van der Waals surface area contributed by atoms with Crippen LogP contribution in [0.2, 0.25) is 0 Å². The van der Waals surface area contributed by atoms with Crippen molar-refractivity contribution in [3.05, 3.63) is 24.3 Å². The summed E-state index contributed by atoms with van der Waals surface area (Å²) < 4.78 is 22.0. The lowest BCUT2D eigenvalue weighted by molar-refractivity contribution is -0.143. The van der Waals surface area contributed by atoms with Gasteiger partial charge in [0.1, 0.15) is 5.75 Å². The fraction of sp³-hybridized carbons (Fsp3) is 0.462. The number of ether oxygens (including phenoxy) is 2. The molecular weight excluding hydrogens is 252 g/mol. The van der Waals surface area contributed by atoms with E-state index in [0.717, 1.165) is 0 Å². The van der Waals surface area contributed by atoms with E-state index in [-0.39, 0.29) is 17.6 Å². The molecule has 0 heterocycles. The van der Waals surface area contributed by atoms with Crippen LogP contribution in [0.4, 0.5) is 0 Å². The Bertz CT molecular complexity index is 414. The van der Waals surface area contributed by atoms with Crippen molar-refractivity contribution in [2.45, 2.75) is 30.4 Å². The van der Waals surface area contributed by atoms with Crippen LogP contribution in [0.15, 0.2) is 29.2 Å². The lowest BCUT2D eigenvalue weighted by atomic mass is 10.3. The fourth-order valence-corrected chi connectivity index (χ4v) is 2.63. The molecule has 1 rings (SSSR count). The van der Waals surface area contributed by atoms with E-state index in [0.29, 0.717) is 17.3 Å². The monoisotopic (exact) mass is 270 g/mol. The highest BCUT2D eigenvalue weighted by Crippen LogP contribution is 2.18. The van der Waals surface area contributed by atoms with Crippen LogP contribution in [-0.4, -0.2) is 29.1 Å². The molecule has 0 aliphatic rings. The summed E-state index contributed by atoms with van der Waals surface area (Å²) in [6, 6.07) is 7.00. The first-order valence-electron chi connectivity index (χ1n) is 5.78. The van der Waals surface area contributed by atoms with Gasteiger partial charge in [0.05, 0.1) is 30.9 Å². The Kier molecular flexibility index (Phi) is 5.85. The van der Waals surface area contributed by atoms with Gasteiger partial charge in [0.15, 0.2) is 0 Å². The number of esters is 1. The molecule has 18 heavy (non-hydrogen) atoms. The fourth-order valence-electron chi connectivity index (χ4n) is 1.47. The molecule has 0 aliphatic carbocycles. The van der Waals surface area contributed by atoms with Crippen LogP contribution in [0.3, 0.4) is 0 Å². The largest absolute Gasteiger partial charge is 0.497 e. The predicted molar refractivity (Wildman–Crippen MR) is 70.1 cm³/mol. The summed E-state index contributed by atoms with van der Waals surface area (Å²) in [7, 11) is 0.360. The molecule has 100 valence electrons. The average Bonchev–Trinajstić information content (AvgIpc) is 2.38. The number of carbonyl (C=O) groups is 1. The van der Waals surface area contributed by atoms with Crippen LogP contribution < -0.4 is 4.74 Å². The van der Waals surface area contributed by atoms with Crippen molar-refractivity contribution in [3.63, 3.8) is 0 Å². The van der Waals surface area contributed by atoms with Crippen LogP contribution in [0.5, 0.6) is 5.75 Å². The summed E-state index contributed by atoms with van der Waals surface area (Å²) in [5, 5.41) is -0.266. The van der Waals surface area contributed by atoms with Gasteiger partial charge in [0, 0.05) is 10.1 Å². The molecule has 0 saturated carbocycles. The Morgan fingerprint density at radius 1 is 1.33 bits per heavy atom. The molecule has 0 amide bonds. The summed E-state index contributed by atoms with van der Waals surface area (Å²) >= 11 is 0. The lowest BCUT2D eigenvalue weighted by Gasteiger charge is -2.11. The van der Waals surface area contributed by atoms with Crippen LogP contribution in [0.1, 0.15) is 20.3 Å². The van der Waals surface area contributed by atoms with E-state index >= 15 is 0 Å². The molecule has 2 unspecified atom stereocenters. The van der Waals surface area contributed by atoms with Crippen molar-refractivity contribution in [2.24, 2.45) is 0 Å². The van der Waals surface area contributed by atoms with E-state index in [1.807, 2.05) is 0 Å². The van der Waals surface area contributed by atoms with E-state index in [2.05, 4.69) is 0 Å². The molecular formula is C13H18O4S. The van der Waals surface area contributed by atoms with Crippen molar-refractivity contribution in [1.82, 2.24) is 0 Å². The minimum Gasteiger partial charge on any atom is -0.497 e. The van der Waals surface area contributed by atoms with Crippen LogP contribution >= 0.6 is 0 Å². The normalized spacial score (nSPS) is 13.7. The number of benzene rings is 1. The number of hydrogen-bond donors (Lipinski definition) is 0. The highest BCUT2D eigenvalue weighted by molar-refractivity contribution is 7.85. The Hall–Kier alpha value is -1.36. The summed E-state index contributed by atoms with van der Waals surface area (Å²) in [6.07, 6.45) is 0.159. The maximum atomic E-state index is 12.1. The number of hydrogen-bond acceptors (Lipinski definition) is 4. The van der Waals surface area contributed by atoms with Crippen LogP contribution in [0, 0.1) is 0 Å². The highest BCUT2D eigenvalue weighted by atomic mass is 32.2. The smallest absolute Gasteiger partial charge is 0.306 e. The van der Waals surface area contributed by atoms with Gasteiger partial charge in [-0.2, -0.15) is 0 Å². The van der Waals surface area contributed by atoms with Gasteiger partial charge in [-0.25, -0.2) is 0 Å². The molecule has 0 spiro atoms. The summed E-state index contributed by atoms with van der Waals surface area (Å²) in [6.45, 7) is 3.88. The van der Waals surface area contributed by atoms with E-state index in [1.165, 1.54) is 0 Å². The molecule has 1 aromatic carbocycles. The van der Waals surface area contributed by atoms with Gasteiger partial charge in [0.2, 0.25) is 0 Å². The molecule has 0 bridgehead atoms. The zero-order valence-corrected chi connectivity index (χ0v) is 11.7. The zero-order valence-electron chi connectivity index (χ0n) is 10.8. The van der Waals surface area contributed by atoms with Gasteiger partial charge < -0.3 is 9.47 Å². The second kappa shape index (κ2) is 7.16. The molecule has 0 fully saturated rings. The van der Waals surface area contributed by atoms with Crippen LogP contribution in [0.25, 0.3) is 0 Å². The SMILES string of the molecule is CCOC(=O)CC(C)S(=O)c1ccc(OC)cc1. The minimum absolute atomic E-state index is 0.159. The number of rotatable bonds is 6. The van der Waals surface area contributed by atoms with Crippen molar-refractivity contribution in [3.8, 4) is 5.75 Å². The van der Waals surface area contributed by atoms with Crippen LogP contribution in [-0.2, 0) is 20.3 Å². The Morgan fingerprint density at radius 2 is 1.94 bits per heavy atom. The minimum atomic E-state index is -1.22. The van der Waals surface area contributed by atoms with Gasteiger partial charge in [-0.15, -0.1) is 0 Å². The van der Waals surface area contributed by atoms with E-state index in [4.69, 9.17) is 9.47 Å². The van der Waals surface area contributed by atoms with E-state index < -0.39 is 10.8 Å². The third-order valence-electron chi connectivity index (χ3n) is 2.42. The zero-order chi connectivity index (χ0) is 13.5. The van der Waals surface area contributed by atoms with Gasteiger partial charge in [-0.05, 0) is 38.1 Å². The third kappa shape index (κ3) is 4.14. The molecule has 0 saturated heterocycles. The number of methoxy groups -OCH3 is 1. The van der Waals surface area contributed by atoms with Crippen molar-refractivity contribution in [2.75, 3.05) is 13.7 Å². The first-order chi connectivity index (χ1) is 8.58. The first kappa shape index (κ1) is 14.7. The molecule has 1 aromatic rings. The molecule has 5 heteroatoms. The van der Waals surface area contributed by atoms with Gasteiger partial charge in [-0.3, -0.25) is 9.00 Å². The number of carbonyl (C=O) groups excluding carboxylic acids is 1. The summed E-state index contributed by atoms with van der Waals surface area (Å²) in [4.78, 5) is 12.0. The van der Waals surface area contributed by atoms with Gasteiger partial charge in [0.25, 0.3) is 0 Å². The second-order valence-corrected chi connectivity index (χ2v) is 5.66. The standard InChI is InChI=1S/C13H18O4S/c1-4-17-13(14)9-10(2)18(15)12-7-5-11(16-3)6-8-12/h5-8,10H,4,9H2,1-3H3. The summed E-state index contributed by atoms with van der Waals surface area (Å²) in [5.74, 6) is 0.403. The van der Waals surface area contributed by atoms with Gasteiger partial charge >= 0.3 is 5.97 Å². The average molecular weight is 270 g/mol. The molecule has 4 nitrogen and oxygen atoms in total. The predicted octanol–water partition coefficient (Wildman–Crippen LogP) is 2.14. The molecule has 0 aromatic heterocycles. The Labute approximate surface area is 110 Å². The topological polar surface area (TPSA) is 52.6 Å². The van der Waals surface area contributed by atoms with Gasteiger partial charge in [-0.1, -0.05) is 0 Å². The summed E-state index contributed by atoms with van der Waals surface area (Å²) in [5.41, 5.74) is 0. The Morgan fingerprint density at radius 3 is 2.44 bits per heavy atom. The molecule has 0 N–H and O–H groups in total. The lowest BCUT2D eigenvalue weighted by Crippen LogP contribution is -2.18. The highest BCUT2D eigenvalue weighted by Gasteiger charge is 2.17. The van der Waals surface area contributed by atoms with Crippen molar-refractivity contribution in [1.29, 1.82) is 0 Å². The van der Waals surface area contributed by atoms with Crippen molar-refractivity contribution < 1.29 is 18.5 Å². The van der Waals surface area contributed by atoms with E-state index in [1.54, 1.807) is 45.2 Å².